The van der Waals surface area contributed by atoms with Gasteiger partial charge in [0.15, 0.2) is 37.4 Å². The standard InChI is InChI=1S/C76H98N14O50P6/c1-119-62-59(42(133-68(62)88-25-19-48(94)80-74(88)104)33-124-141(107,108)123-29-11-10-28-122-38-15-9-5-8-14-37-51(83-84-52(37)38)36-12-6-4-7-13-36)139-145(115,116)126-31-40-57(55(99)66(131-40)86-23-17-46(92)78-72(86)102)137-143(111,112)129-35-44-61(64(121-3)70(135-44)90-27-21-50(96)82-76(90)106)140-146(117,118)127-32-41-58(56(100)67(132-41)87-24-18-47(93)79-73(87)103)136-142(109,110)128-34-43-60(63(120-2)69(134-43)89-26-20-49(95)81-75(89)105)138-144(113,114)125-30-39-53(97)54(98)65(130-39)85-22-16-45(91)77-71(85)101/h4,6-7,12-13,16-27,38-44,51,53-70,97-100H,5,8-11,14-15,28-35H2,1-3H3,(H,107,108)(H,109,110)(H,111,112)(H,113,114)(H,115,116)(H,117,118)(H,77,91,101)(H,78,92,102)(H,79,93,103)(H,80,94,104)(H,81,95,105)(H,82,96,106)/t38?,39-,40-,41-,42-,43-,44-,51?,53-,54-,55-,56-,57-,58-,59-,60-,61-,62-,63-,64-,65-,66-,67-,68-,69-,70-/m1/s1. The molecule has 32 atom stereocenters. The number of nitrogens with one attached hydrogen (secondary N) is 6. The van der Waals surface area contributed by atoms with Crippen molar-refractivity contribution in [3.05, 3.63) is 246 Å². The molecule has 15 rings (SSSR count). The molecule has 64 nitrogen and oxygen atoms in total. The maximum Gasteiger partial charge on any atom is 0.472 e. The minimum Gasteiger partial charge on any atom is -0.387 e. The van der Waals surface area contributed by atoms with Crippen LogP contribution in [0.5, 0.6) is 0 Å². The van der Waals surface area contributed by atoms with E-state index in [9.17, 15) is 135 Å². The monoisotopic (exact) mass is 2190 g/mol. The predicted molar refractivity (Wildman–Crippen MR) is 476 cm³/mol. The molecule has 8 unspecified atom stereocenters. The van der Waals surface area contributed by atoms with E-state index in [1.165, 1.54) is 0 Å². The molecule has 0 radical (unpaired) electrons. The Morgan fingerprint density at radius 1 is 0.336 bits per heavy atom. The van der Waals surface area contributed by atoms with Crippen LogP contribution in [0.25, 0.3) is 0 Å². The second-order valence-electron chi connectivity index (χ2n) is 33.4. The van der Waals surface area contributed by atoms with Gasteiger partial charge < -0.3 is 97.2 Å². The number of rotatable bonds is 45. The first-order valence-corrected chi connectivity index (χ1v) is 53.0. The van der Waals surface area contributed by atoms with Crippen LogP contribution in [0.15, 0.2) is 183 Å². The van der Waals surface area contributed by atoms with Gasteiger partial charge in [-0.1, -0.05) is 43.2 Å². The van der Waals surface area contributed by atoms with E-state index in [1.807, 2.05) is 60.2 Å². The first-order chi connectivity index (χ1) is 69.2. The van der Waals surface area contributed by atoms with E-state index in [0.717, 1.165) is 142 Å². The molecule has 16 N–H and O–H groups in total. The van der Waals surface area contributed by atoms with Gasteiger partial charge in [0, 0.05) is 102 Å². The fourth-order valence-corrected chi connectivity index (χ4v) is 22.7. The highest BCUT2D eigenvalue weighted by atomic mass is 31.2. The van der Waals surface area contributed by atoms with Gasteiger partial charge in [-0.3, -0.25) is 140 Å². The van der Waals surface area contributed by atoms with Crippen LogP contribution in [0.1, 0.15) is 93.9 Å². The Morgan fingerprint density at radius 3 is 0.973 bits per heavy atom. The van der Waals surface area contributed by atoms with Crippen molar-refractivity contribution in [2.75, 3.05) is 74.2 Å². The number of H-pyrrole nitrogens is 6. The molecule has 802 valence electrons. The molecule has 0 spiro atoms. The zero-order valence-corrected chi connectivity index (χ0v) is 81.4. The number of aliphatic hydroxyl groups excluding tert-OH is 4. The fraction of sp³-hybridized carbons (Fsp3) is 0.579. The van der Waals surface area contributed by atoms with Crippen molar-refractivity contribution in [1.29, 1.82) is 0 Å². The Morgan fingerprint density at radius 2 is 0.630 bits per heavy atom. The Bertz CT molecular complexity index is 6990. The van der Waals surface area contributed by atoms with Gasteiger partial charge in [-0.15, -0.1) is 0 Å². The summed E-state index contributed by atoms with van der Waals surface area (Å²) in [6, 6.07) is 14.3. The second kappa shape index (κ2) is 46.7. The van der Waals surface area contributed by atoms with E-state index in [1.54, 1.807) is 0 Å². The summed E-state index contributed by atoms with van der Waals surface area (Å²) in [5, 5.41) is 54.7. The Labute approximate surface area is 814 Å². The largest absolute Gasteiger partial charge is 0.472 e. The van der Waals surface area contributed by atoms with Crippen molar-refractivity contribution in [2.45, 2.75) is 204 Å². The molecule has 0 bridgehead atoms. The zero-order chi connectivity index (χ0) is 105. The molecular formula is C76H98N14O50P6. The highest BCUT2D eigenvalue weighted by Gasteiger charge is 2.59. The third kappa shape index (κ3) is 26.3. The number of ether oxygens (including phenoxy) is 10. The number of phosphoric ester groups is 6. The summed E-state index contributed by atoms with van der Waals surface area (Å²) in [5.74, 6) is 0. The summed E-state index contributed by atoms with van der Waals surface area (Å²) in [4.78, 5) is 233. The molecule has 70 heteroatoms. The van der Waals surface area contributed by atoms with Crippen LogP contribution in [0.3, 0.4) is 0 Å². The summed E-state index contributed by atoms with van der Waals surface area (Å²) in [7, 11) is -32.0. The number of hydrogen-bond donors (Lipinski definition) is 16. The fourth-order valence-electron chi connectivity index (χ4n) is 17.2. The molecule has 146 heavy (non-hydrogen) atoms. The highest BCUT2D eigenvalue weighted by Crippen LogP contribution is 2.58. The molecular weight excluding hydrogens is 2090 g/mol. The third-order valence-electron chi connectivity index (χ3n) is 24.0. The summed E-state index contributed by atoms with van der Waals surface area (Å²) in [6.45, 7) is -8.23. The van der Waals surface area contributed by atoms with Gasteiger partial charge in [-0.25, -0.2) is 56.2 Å². The van der Waals surface area contributed by atoms with Crippen molar-refractivity contribution in [3.63, 3.8) is 0 Å². The number of benzene rings is 1. The molecule has 13 heterocycles. The van der Waals surface area contributed by atoms with E-state index >= 15 is 0 Å². The lowest BCUT2D eigenvalue weighted by Crippen LogP contribution is -2.40. The normalized spacial score (nSPS) is 32.0. The lowest BCUT2D eigenvalue weighted by Gasteiger charge is -2.28. The van der Waals surface area contributed by atoms with Crippen LogP contribution in [-0.2, 0) is 129 Å². The van der Waals surface area contributed by atoms with Gasteiger partial charge in [0.2, 0.25) is 0 Å². The molecule has 6 fully saturated rings. The molecule has 6 aromatic heterocycles. The average molecular weight is 2190 g/mol. The van der Waals surface area contributed by atoms with Gasteiger partial charge in [0.25, 0.3) is 33.4 Å². The van der Waals surface area contributed by atoms with Crippen LogP contribution in [0.2, 0.25) is 0 Å². The molecule has 6 saturated heterocycles. The lowest BCUT2D eigenvalue weighted by atomic mass is 9.89. The van der Waals surface area contributed by atoms with Gasteiger partial charge in [0.1, 0.15) is 122 Å². The van der Waals surface area contributed by atoms with Crippen molar-refractivity contribution in [1.82, 2.24) is 57.3 Å². The maximum atomic E-state index is 14.7. The van der Waals surface area contributed by atoms with Crippen LogP contribution in [0.4, 0.5) is 0 Å². The van der Waals surface area contributed by atoms with Crippen LogP contribution in [-0.4, -0.2) is 297 Å². The van der Waals surface area contributed by atoms with E-state index in [2.05, 4.69) is 10.2 Å². The Kier molecular flexibility index (Phi) is 35.5. The van der Waals surface area contributed by atoms with E-state index in [4.69, 9.17) is 102 Å². The number of aromatic nitrogens is 12. The number of methoxy groups -OCH3 is 3. The topological polar surface area (TPSA) is 862 Å². The van der Waals surface area contributed by atoms with Crippen LogP contribution < -0.4 is 67.5 Å². The van der Waals surface area contributed by atoms with Crippen molar-refractivity contribution in [3.8, 4) is 0 Å². The summed E-state index contributed by atoms with van der Waals surface area (Å²) >= 11 is 0. The molecule has 0 amide bonds. The maximum absolute atomic E-state index is 14.7. The first kappa shape index (κ1) is 111. The molecule has 8 aliphatic rings. The smallest absolute Gasteiger partial charge is 0.387 e. The quantitative estimate of drug-likeness (QED) is 0.0129. The van der Waals surface area contributed by atoms with E-state index in [-0.39, 0.29) is 25.2 Å². The van der Waals surface area contributed by atoms with E-state index < -0.39 is 308 Å². The number of phosphoric acid groups is 6. The average Bonchev–Trinajstić information content (AvgIpc) is 1.62. The lowest BCUT2D eigenvalue weighted by molar-refractivity contribution is -0.0680. The molecule has 7 aliphatic heterocycles. The minimum atomic E-state index is -6.06. The molecule has 1 aromatic carbocycles. The van der Waals surface area contributed by atoms with Crippen molar-refractivity contribution < 1.29 is 179 Å². The van der Waals surface area contributed by atoms with Crippen LogP contribution >= 0.6 is 46.9 Å². The van der Waals surface area contributed by atoms with Crippen LogP contribution in [0, 0.1) is 0 Å². The molecule has 0 saturated carbocycles. The SMILES string of the molecule is CO[C@@H]1[C@H](OP(=O)(O)OC[C@H]2O[C@@H](n3ccc(=O)[nH]c3=O)[C@H](O)[C@@H]2OP(=O)(O)OC[C@H]2O[C@@H](n3ccc(=O)[nH]c3=O)[C@H](OC)[C@@H]2OP(=O)(O)OC[C@H]2O[C@@H](n3ccc(=O)[nH]c3=O)[C@H](O)[C@@H]2OP(=O)(O)OC[C@H]2O[C@@H](n3ccc(=O)[nH]c3=O)[C@H](OC)[C@@H]2OP(=O)(O)OC[C@H]2O[C@@H](n3ccc(=O)[nH]c3=O)[C@H](O)[C@@H]2O)[C@@H](COP(=O)(O)OCCCCOC2CCCCCC3=C2N=NC3c2ccccc2)O[C@H]1n1ccc(=O)[nH]c1=O. The summed E-state index contributed by atoms with van der Waals surface area (Å²) in [5.41, 5.74) is -10.3. The van der Waals surface area contributed by atoms with Gasteiger partial charge >= 0.3 is 81.1 Å². The van der Waals surface area contributed by atoms with Gasteiger partial charge in [0.05, 0.1) is 51.9 Å². The minimum absolute atomic E-state index is 0.142. The number of aromatic amines is 6. The summed E-state index contributed by atoms with van der Waals surface area (Å²) < 4.78 is 212. The zero-order valence-electron chi connectivity index (χ0n) is 76.0. The van der Waals surface area contributed by atoms with Crippen molar-refractivity contribution in [2.24, 2.45) is 10.2 Å². The van der Waals surface area contributed by atoms with Gasteiger partial charge in [-0.2, -0.15) is 10.2 Å². The predicted octanol–water partition coefficient (Wildman–Crippen LogP) is -3.60. The Balaban J connectivity index is 0.626. The third-order valence-corrected chi connectivity index (χ3v) is 29.9. The number of azo groups is 1. The number of unbranched alkanes of at least 4 members (excludes halogenated alkanes) is 1. The first-order valence-electron chi connectivity index (χ1n) is 44.0. The Hall–Kier alpha value is -9.26. The van der Waals surface area contributed by atoms with E-state index in [0.29, 0.717) is 35.7 Å². The molecule has 1 aliphatic carbocycles. The highest BCUT2D eigenvalue weighted by molar-refractivity contribution is 7.48. The molecule has 7 aromatic rings. The second-order valence-corrected chi connectivity index (χ2v) is 41.9. The van der Waals surface area contributed by atoms with Crippen molar-refractivity contribution >= 4 is 46.9 Å². The van der Waals surface area contributed by atoms with Gasteiger partial charge in [-0.05, 0) is 43.2 Å². The number of aliphatic hydroxyl groups is 4. The number of nitrogens with zero attached hydrogens (tertiary/aromatic N) is 8. The summed E-state index contributed by atoms with van der Waals surface area (Å²) in [6.07, 6.45) is -40.3. The number of hydrogen-bond acceptors (Lipinski definition) is 46.